The molecule has 4 heteroatoms. The molecule has 1 amide bonds. The second kappa shape index (κ2) is 9.59. The van der Waals surface area contributed by atoms with E-state index in [-0.39, 0.29) is 12.0 Å². The first kappa shape index (κ1) is 17.0. The summed E-state index contributed by atoms with van der Waals surface area (Å²) in [6.07, 6.45) is 5.10. The van der Waals surface area contributed by atoms with Crippen LogP contribution in [0.25, 0.3) is 0 Å². The normalized spacial score (nSPS) is 16.6. The Hall–Kier alpha value is -1.39. The van der Waals surface area contributed by atoms with E-state index in [1.165, 1.54) is 5.56 Å². The van der Waals surface area contributed by atoms with Crippen LogP contribution < -0.4 is 5.32 Å². The van der Waals surface area contributed by atoms with Crippen molar-refractivity contribution in [3.05, 3.63) is 35.9 Å². The number of carbonyl (C=O) groups excluding carboxylic acids is 1. The summed E-state index contributed by atoms with van der Waals surface area (Å²) in [7, 11) is 0. The maximum absolute atomic E-state index is 11.8. The fraction of sp³-hybridized carbons (Fsp3) is 0.611. The first-order valence-electron chi connectivity index (χ1n) is 8.45. The SMILES string of the molecule is O=C(CCCc1ccccc1)NCCCN1CCC(O)CC1. The third-order valence-electron chi connectivity index (χ3n) is 4.24. The number of aliphatic hydroxyl groups is 1. The monoisotopic (exact) mass is 304 g/mol. The Kier molecular flexibility index (Phi) is 7.40. The molecule has 0 unspecified atom stereocenters. The van der Waals surface area contributed by atoms with Gasteiger partial charge in [-0.15, -0.1) is 0 Å². The van der Waals surface area contributed by atoms with Crippen molar-refractivity contribution in [1.82, 2.24) is 10.2 Å². The summed E-state index contributed by atoms with van der Waals surface area (Å²) in [5.74, 6) is 0.157. The smallest absolute Gasteiger partial charge is 0.220 e. The van der Waals surface area contributed by atoms with Crippen LogP contribution in [0.5, 0.6) is 0 Å². The van der Waals surface area contributed by atoms with Crippen LogP contribution in [0.3, 0.4) is 0 Å². The standard InChI is InChI=1S/C18H28N2O2/c21-17-10-14-20(15-11-17)13-5-12-19-18(22)9-4-8-16-6-2-1-3-7-16/h1-3,6-7,17,21H,4-5,8-15H2,(H,19,22). The number of amides is 1. The van der Waals surface area contributed by atoms with E-state index >= 15 is 0 Å². The van der Waals surface area contributed by atoms with Gasteiger partial charge in [-0.3, -0.25) is 4.79 Å². The Morgan fingerprint density at radius 1 is 1.18 bits per heavy atom. The van der Waals surface area contributed by atoms with Crippen molar-refractivity contribution in [2.24, 2.45) is 0 Å². The predicted molar refractivity (Wildman–Crippen MR) is 88.7 cm³/mol. The van der Waals surface area contributed by atoms with Crippen LogP contribution in [0.1, 0.15) is 37.7 Å². The van der Waals surface area contributed by atoms with Crippen molar-refractivity contribution >= 4 is 5.91 Å². The number of piperidine rings is 1. The molecule has 0 saturated carbocycles. The summed E-state index contributed by atoms with van der Waals surface area (Å²) in [5, 5.41) is 12.5. The molecular formula is C18H28N2O2. The highest BCUT2D eigenvalue weighted by Gasteiger charge is 2.16. The van der Waals surface area contributed by atoms with Crippen molar-refractivity contribution in [3.63, 3.8) is 0 Å². The Morgan fingerprint density at radius 2 is 1.91 bits per heavy atom. The van der Waals surface area contributed by atoms with Gasteiger partial charge in [0, 0.05) is 26.1 Å². The van der Waals surface area contributed by atoms with Crippen molar-refractivity contribution in [2.45, 2.75) is 44.6 Å². The average Bonchev–Trinajstić information content (AvgIpc) is 2.54. The Bertz CT molecular complexity index is 428. The molecule has 22 heavy (non-hydrogen) atoms. The molecule has 1 aliphatic rings. The molecule has 0 aliphatic carbocycles. The summed E-state index contributed by atoms with van der Waals surface area (Å²) < 4.78 is 0. The topological polar surface area (TPSA) is 52.6 Å². The Morgan fingerprint density at radius 3 is 2.64 bits per heavy atom. The molecule has 0 aromatic heterocycles. The number of carbonyl (C=O) groups is 1. The van der Waals surface area contributed by atoms with Gasteiger partial charge in [0.25, 0.3) is 0 Å². The largest absolute Gasteiger partial charge is 0.393 e. The number of rotatable bonds is 8. The molecule has 122 valence electrons. The van der Waals surface area contributed by atoms with Gasteiger partial charge in [0.05, 0.1) is 6.10 Å². The van der Waals surface area contributed by atoms with E-state index in [1.54, 1.807) is 0 Å². The van der Waals surface area contributed by atoms with Crippen molar-refractivity contribution < 1.29 is 9.90 Å². The molecule has 0 spiro atoms. The minimum Gasteiger partial charge on any atom is -0.393 e. The van der Waals surface area contributed by atoms with Gasteiger partial charge < -0.3 is 15.3 Å². The molecule has 1 heterocycles. The number of nitrogens with zero attached hydrogens (tertiary/aromatic N) is 1. The zero-order chi connectivity index (χ0) is 15.6. The van der Waals surface area contributed by atoms with Gasteiger partial charge in [-0.25, -0.2) is 0 Å². The number of aryl methyl sites for hydroxylation is 1. The Labute approximate surface area is 133 Å². The van der Waals surface area contributed by atoms with Crippen molar-refractivity contribution in [2.75, 3.05) is 26.2 Å². The lowest BCUT2D eigenvalue weighted by molar-refractivity contribution is -0.121. The quantitative estimate of drug-likeness (QED) is 0.722. The fourth-order valence-electron chi connectivity index (χ4n) is 2.86. The van der Waals surface area contributed by atoms with Gasteiger partial charge >= 0.3 is 0 Å². The highest BCUT2D eigenvalue weighted by molar-refractivity contribution is 5.75. The van der Waals surface area contributed by atoms with Crippen LogP contribution in [0.4, 0.5) is 0 Å². The van der Waals surface area contributed by atoms with E-state index in [4.69, 9.17) is 0 Å². The summed E-state index contributed by atoms with van der Waals surface area (Å²) in [4.78, 5) is 14.1. The predicted octanol–water partition coefficient (Wildman–Crippen LogP) is 1.97. The molecule has 0 radical (unpaired) electrons. The van der Waals surface area contributed by atoms with E-state index in [9.17, 15) is 9.90 Å². The highest BCUT2D eigenvalue weighted by atomic mass is 16.3. The second-order valence-electron chi connectivity index (χ2n) is 6.12. The number of likely N-dealkylation sites (tertiary alicyclic amines) is 1. The lowest BCUT2D eigenvalue weighted by Crippen LogP contribution is -2.37. The lowest BCUT2D eigenvalue weighted by atomic mass is 10.1. The molecule has 1 aromatic carbocycles. The molecule has 1 aliphatic heterocycles. The summed E-state index contributed by atoms with van der Waals surface area (Å²) in [6.45, 7) is 3.72. The summed E-state index contributed by atoms with van der Waals surface area (Å²) in [5.41, 5.74) is 1.29. The maximum atomic E-state index is 11.8. The molecule has 1 aromatic rings. The Balaban J connectivity index is 1.47. The van der Waals surface area contributed by atoms with E-state index in [0.717, 1.165) is 58.3 Å². The van der Waals surface area contributed by atoms with Crippen LogP contribution in [-0.2, 0) is 11.2 Å². The lowest BCUT2D eigenvalue weighted by Gasteiger charge is -2.29. The van der Waals surface area contributed by atoms with E-state index in [2.05, 4.69) is 22.3 Å². The zero-order valence-electron chi connectivity index (χ0n) is 13.3. The van der Waals surface area contributed by atoms with E-state index in [1.807, 2.05) is 18.2 Å². The van der Waals surface area contributed by atoms with Gasteiger partial charge in [-0.05, 0) is 44.2 Å². The highest BCUT2D eigenvalue weighted by Crippen LogP contribution is 2.09. The molecule has 0 bridgehead atoms. The third-order valence-corrected chi connectivity index (χ3v) is 4.24. The number of hydrogen-bond acceptors (Lipinski definition) is 3. The van der Waals surface area contributed by atoms with Crippen LogP contribution in [0, 0.1) is 0 Å². The van der Waals surface area contributed by atoms with Gasteiger partial charge in [-0.1, -0.05) is 30.3 Å². The number of benzene rings is 1. The van der Waals surface area contributed by atoms with Crippen LogP contribution in [-0.4, -0.2) is 48.2 Å². The first-order chi connectivity index (χ1) is 10.7. The summed E-state index contributed by atoms with van der Waals surface area (Å²) in [6, 6.07) is 10.3. The second-order valence-corrected chi connectivity index (χ2v) is 6.12. The van der Waals surface area contributed by atoms with Crippen LogP contribution in [0.15, 0.2) is 30.3 Å². The summed E-state index contributed by atoms with van der Waals surface area (Å²) >= 11 is 0. The van der Waals surface area contributed by atoms with Crippen molar-refractivity contribution in [3.8, 4) is 0 Å². The number of nitrogens with one attached hydrogen (secondary N) is 1. The van der Waals surface area contributed by atoms with Gasteiger partial charge in [0.1, 0.15) is 0 Å². The average molecular weight is 304 g/mol. The molecule has 1 fully saturated rings. The minimum absolute atomic E-state index is 0.111. The third kappa shape index (κ3) is 6.58. The van der Waals surface area contributed by atoms with E-state index in [0.29, 0.717) is 6.42 Å². The maximum Gasteiger partial charge on any atom is 0.220 e. The van der Waals surface area contributed by atoms with Gasteiger partial charge in [0.15, 0.2) is 0 Å². The first-order valence-corrected chi connectivity index (χ1v) is 8.45. The van der Waals surface area contributed by atoms with Crippen LogP contribution in [0.2, 0.25) is 0 Å². The zero-order valence-corrected chi connectivity index (χ0v) is 13.3. The fourth-order valence-corrected chi connectivity index (χ4v) is 2.86. The van der Waals surface area contributed by atoms with Gasteiger partial charge in [0.2, 0.25) is 5.91 Å². The van der Waals surface area contributed by atoms with E-state index < -0.39 is 0 Å². The minimum atomic E-state index is -0.111. The molecule has 0 atom stereocenters. The molecule has 2 rings (SSSR count). The molecule has 4 nitrogen and oxygen atoms in total. The molecule has 1 saturated heterocycles. The number of aliphatic hydroxyl groups excluding tert-OH is 1. The molecular weight excluding hydrogens is 276 g/mol. The number of hydrogen-bond donors (Lipinski definition) is 2. The molecule has 2 N–H and O–H groups in total. The van der Waals surface area contributed by atoms with Crippen LogP contribution >= 0.6 is 0 Å². The van der Waals surface area contributed by atoms with Gasteiger partial charge in [-0.2, -0.15) is 0 Å². The van der Waals surface area contributed by atoms with Crippen molar-refractivity contribution in [1.29, 1.82) is 0 Å².